The summed E-state index contributed by atoms with van der Waals surface area (Å²) in [5.74, 6) is -1.11. The number of hydrogen-bond donors (Lipinski definition) is 0. The summed E-state index contributed by atoms with van der Waals surface area (Å²) in [5, 5.41) is 9.95. The van der Waals surface area contributed by atoms with Gasteiger partial charge in [-0.05, 0) is 45.8 Å². The Morgan fingerprint density at radius 1 is 1.26 bits per heavy atom. The standard InChI is InChI=1S/C13H6BrCl2NOS/c14-12-4-3-11(19-12)13(18)8(6-17)7-1-2-9(15)10(16)5-7/h1-5,8H. The largest absolute Gasteiger partial charge is 0.291 e. The predicted molar refractivity (Wildman–Crippen MR) is 81.2 cm³/mol. The van der Waals surface area contributed by atoms with E-state index in [0.29, 0.717) is 20.5 Å². The van der Waals surface area contributed by atoms with Crippen molar-refractivity contribution < 1.29 is 4.79 Å². The Balaban J connectivity index is 2.37. The number of ketones is 1. The van der Waals surface area contributed by atoms with Gasteiger partial charge in [0.2, 0.25) is 0 Å². The van der Waals surface area contributed by atoms with Crippen molar-refractivity contribution in [2.45, 2.75) is 5.92 Å². The van der Waals surface area contributed by atoms with Crippen LogP contribution in [0.5, 0.6) is 0 Å². The fourth-order valence-corrected chi connectivity index (χ4v) is 3.23. The molecular weight excluding hydrogens is 369 g/mol. The summed E-state index contributed by atoms with van der Waals surface area (Å²) in [4.78, 5) is 12.8. The van der Waals surface area contributed by atoms with Gasteiger partial charge in [-0.25, -0.2) is 0 Å². The second-order valence-electron chi connectivity index (χ2n) is 3.70. The Morgan fingerprint density at radius 3 is 2.53 bits per heavy atom. The van der Waals surface area contributed by atoms with Crippen molar-refractivity contribution in [3.8, 4) is 6.07 Å². The molecule has 0 bridgehead atoms. The van der Waals surface area contributed by atoms with Crippen molar-refractivity contribution in [2.24, 2.45) is 0 Å². The summed E-state index contributed by atoms with van der Waals surface area (Å²) in [6, 6.07) is 10.3. The number of halogens is 3. The van der Waals surface area contributed by atoms with E-state index in [1.54, 1.807) is 30.3 Å². The molecule has 0 saturated carbocycles. The molecular formula is C13H6BrCl2NOS. The van der Waals surface area contributed by atoms with Crippen LogP contribution in [-0.2, 0) is 0 Å². The summed E-state index contributed by atoms with van der Waals surface area (Å²) < 4.78 is 0.849. The number of rotatable bonds is 3. The number of hydrogen-bond acceptors (Lipinski definition) is 3. The van der Waals surface area contributed by atoms with E-state index >= 15 is 0 Å². The molecule has 19 heavy (non-hydrogen) atoms. The first-order chi connectivity index (χ1) is 9.02. The number of nitrogens with zero attached hydrogens (tertiary/aromatic N) is 1. The fourth-order valence-electron chi connectivity index (χ4n) is 1.57. The zero-order valence-electron chi connectivity index (χ0n) is 9.36. The molecule has 0 aliphatic carbocycles. The lowest BCUT2D eigenvalue weighted by Crippen LogP contribution is -2.09. The van der Waals surface area contributed by atoms with Crippen LogP contribution in [0.1, 0.15) is 21.2 Å². The summed E-state index contributed by atoms with van der Waals surface area (Å²) in [5.41, 5.74) is 0.548. The minimum Gasteiger partial charge on any atom is -0.291 e. The molecule has 1 unspecified atom stereocenters. The summed E-state index contributed by atoms with van der Waals surface area (Å²) >= 11 is 16.3. The third-order valence-corrected chi connectivity index (χ3v) is 4.86. The van der Waals surface area contributed by atoms with Gasteiger partial charge in [-0.1, -0.05) is 29.3 Å². The monoisotopic (exact) mass is 373 g/mol. The first kappa shape index (κ1) is 14.5. The van der Waals surface area contributed by atoms with Gasteiger partial charge in [-0.15, -0.1) is 11.3 Å². The molecule has 1 atom stereocenters. The van der Waals surface area contributed by atoms with E-state index in [9.17, 15) is 10.1 Å². The van der Waals surface area contributed by atoms with Crippen LogP contribution in [0.25, 0.3) is 0 Å². The smallest absolute Gasteiger partial charge is 0.194 e. The highest BCUT2D eigenvalue weighted by molar-refractivity contribution is 9.11. The Kier molecular flexibility index (Phi) is 4.64. The Hall–Kier alpha value is -0.860. The topological polar surface area (TPSA) is 40.9 Å². The van der Waals surface area contributed by atoms with E-state index in [2.05, 4.69) is 15.9 Å². The maximum Gasteiger partial charge on any atom is 0.194 e. The van der Waals surface area contributed by atoms with Crippen LogP contribution in [0.4, 0.5) is 0 Å². The maximum absolute atomic E-state index is 12.3. The van der Waals surface area contributed by atoms with Gasteiger partial charge < -0.3 is 0 Å². The normalized spacial score (nSPS) is 11.9. The molecule has 0 N–H and O–H groups in total. The van der Waals surface area contributed by atoms with Crippen molar-refractivity contribution in [3.63, 3.8) is 0 Å². The minimum absolute atomic E-state index is 0.239. The first-order valence-electron chi connectivity index (χ1n) is 5.17. The van der Waals surface area contributed by atoms with Crippen LogP contribution >= 0.6 is 50.5 Å². The van der Waals surface area contributed by atoms with Gasteiger partial charge >= 0.3 is 0 Å². The van der Waals surface area contributed by atoms with Crippen LogP contribution in [0.3, 0.4) is 0 Å². The number of thiophene rings is 1. The van der Waals surface area contributed by atoms with Crippen molar-refractivity contribution in [2.75, 3.05) is 0 Å². The van der Waals surface area contributed by atoms with Crippen LogP contribution in [0.15, 0.2) is 34.1 Å². The summed E-state index contributed by atoms with van der Waals surface area (Å²) in [6.45, 7) is 0. The number of benzene rings is 1. The van der Waals surface area contributed by atoms with E-state index < -0.39 is 5.92 Å². The minimum atomic E-state index is -0.875. The number of Topliss-reactive ketones (excluding diaryl/α,β-unsaturated/α-hetero) is 1. The molecule has 0 fully saturated rings. The van der Waals surface area contributed by atoms with Crippen LogP contribution in [0, 0.1) is 11.3 Å². The third-order valence-electron chi connectivity index (χ3n) is 2.48. The van der Waals surface area contributed by atoms with Crippen molar-refractivity contribution >= 4 is 56.3 Å². The Morgan fingerprint density at radius 2 is 2.00 bits per heavy atom. The van der Waals surface area contributed by atoms with E-state index in [-0.39, 0.29) is 5.78 Å². The molecule has 2 nitrogen and oxygen atoms in total. The van der Waals surface area contributed by atoms with Crippen molar-refractivity contribution in [3.05, 3.63) is 54.6 Å². The molecule has 1 heterocycles. The second kappa shape index (κ2) is 6.06. The molecule has 1 aromatic carbocycles. The van der Waals surface area contributed by atoms with Crippen LogP contribution in [0.2, 0.25) is 10.0 Å². The fraction of sp³-hybridized carbons (Fsp3) is 0.0769. The lowest BCUT2D eigenvalue weighted by molar-refractivity contribution is 0.0983. The molecule has 0 radical (unpaired) electrons. The van der Waals surface area contributed by atoms with E-state index in [4.69, 9.17) is 23.2 Å². The second-order valence-corrected chi connectivity index (χ2v) is 6.98. The molecule has 0 aliphatic heterocycles. The average Bonchev–Trinajstić information content (AvgIpc) is 2.81. The first-order valence-corrected chi connectivity index (χ1v) is 7.53. The van der Waals surface area contributed by atoms with Gasteiger partial charge in [-0.3, -0.25) is 4.79 Å². The number of carbonyl (C=O) groups excluding carboxylic acids is 1. The predicted octanol–water partition coefficient (Wildman–Crippen LogP) is 5.31. The molecule has 0 aliphatic rings. The summed E-state index contributed by atoms with van der Waals surface area (Å²) in [6.07, 6.45) is 0. The van der Waals surface area contributed by atoms with Gasteiger partial charge in [0.15, 0.2) is 5.78 Å². The molecule has 0 saturated heterocycles. The zero-order chi connectivity index (χ0) is 14.0. The highest BCUT2D eigenvalue weighted by Gasteiger charge is 2.23. The van der Waals surface area contributed by atoms with Gasteiger partial charge in [-0.2, -0.15) is 5.26 Å². The molecule has 2 rings (SSSR count). The van der Waals surface area contributed by atoms with Gasteiger partial charge in [0.05, 0.1) is 24.8 Å². The molecule has 1 aromatic heterocycles. The number of carbonyl (C=O) groups is 1. The lowest BCUT2D eigenvalue weighted by atomic mass is 9.95. The molecule has 2 aromatic rings. The molecule has 0 spiro atoms. The van der Waals surface area contributed by atoms with Crippen molar-refractivity contribution in [1.29, 1.82) is 5.26 Å². The Bertz CT molecular complexity index is 678. The quantitative estimate of drug-likeness (QED) is 0.683. The van der Waals surface area contributed by atoms with Gasteiger partial charge in [0.1, 0.15) is 5.92 Å². The van der Waals surface area contributed by atoms with Crippen LogP contribution in [-0.4, -0.2) is 5.78 Å². The zero-order valence-corrected chi connectivity index (χ0v) is 13.3. The average molecular weight is 375 g/mol. The SMILES string of the molecule is N#CC(C(=O)c1ccc(Br)s1)c1ccc(Cl)c(Cl)c1. The van der Waals surface area contributed by atoms with Gasteiger partial charge in [0, 0.05) is 0 Å². The van der Waals surface area contributed by atoms with Crippen LogP contribution < -0.4 is 0 Å². The maximum atomic E-state index is 12.3. The molecule has 0 amide bonds. The van der Waals surface area contributed by atoms with Gasteiger partial charge in [0.25, 0.3) is 0 Å². The van der Waals surface area contributed by atoms with E-state index in [1.165, 1.54) is 11.3 Å². The molecule has 96 valence electrons. The Labute approximate surface area is 132 Å². The summed E-state index contributed by atoms with van der Waals surface area (Å²) in [7, 11) is 0. The van der Waals surface area contributed by atoms with E-state index in [1.807, 2.05) is 6.07 Å². The third kappa shape index (κ3) is 3.18. The van der Waals surface area contributed by atoms with Crippen molar-refractivity contribution in [1.82, 2.24) is 0 Å². The van der Waals surface area contributed by atoms with E-state index in [0.717, 1.165) is 3.79 Å². The highest BCUT2D eigenvalue weighted by Crippen LogP contribution is 2.31. The molecule has 6 heteroatoms. The highest BCUT2D eigenvalue weighted by atomic mass is 79.9. The number of nitriles is 1. The lowest BCUT2D eigenvalue weighted by Gasteiger charge is -2.08.